The molecule has 19 heavy (non-hydrogen) atoms. The molecule has 4 heteroatoms. The number of nitrogens with zero attached hydrogens (tertiary/aromatic N) is 1. The van der Waals surface area contributed by atoms with Gasteiger partial charge in [0.25, 0.3) is 0 Å². The second kappa shape index (κ2) is 5.51. The summed E-state index contributed by atoms with van der Waals surface area (Å²) in [6.45, 7) is 4.58. The minimum absolute atomic E-state index is 0.434. The van der Waals surface area contributed by atoms with E-state index in [0.29, 0.717) is 6.04 Å². The van der Waals surface area contributed by atoms with Crippen LogP contribution in [-0.2, 0) is 6.54 Å². The lowest BCUT2D eigenvalue weighted by Crippen LogP contribution is -2.37. The van der Waals surface area contributed by atoms with Crippen LogP contribution >= 0.6 is 0 Å². The van der Waals surface area contributed by atoms with Crippen LogP contribution in [0.15, 0.2) is 29.3 Å². The molecular weight excluding hydrogens is 238 g/mol. The van der Waals surface area contributed by atoms with Gasteiger partial charge in [0, 0.05) is 18.2 Å². The van der Waals surface area contributed by atoms with E-state index < -0.39 is 0 Å². The lowest BCUT2D eigenvalue weighted by atomic mass is 10.2. The van der Waals surface area contributed by atoms with Crippen LogP contribution in [0.4, 0.5) is 0 Å². The van der Waals surface area contributed by atoms with Crippen molar-refractivity contribution in [2.24, 2.45) is 10.9 Å². The van der Waals surface area contributed by atoms with E-state index in [4.69, 9.17) is 4.74 Å². The Balaban J connectivity index is 1.56. The first-order valence-electron chi connectivity index (χ1n) is 7.07. The molecule has 0 bridgehead atoms. The van der Waals surface area contributed by atoms with Crippen LogP contribution in [0, 0.1) is 5.92 Å². The van der Waals surface area contributed by atoms with Crippen molar-refractivity contribution in [3.8, 4) is 5.75 Å². The largest absolute Gasteiger partial charge is 0.493 e. The molecule has 0 spiro atoms. The highest BCUT2D eigenvalue weighted by Crippen LogP contribution is 2.30. The van der Waals surface area contributed by atoms with Gasteiger partial charge in [-0.2, -0.15) is 0 Å². The highest BCUT2D eigenvalue weighted by atomic mass is 16.5. The predicted molar refractivity (Wildman–Crippen MR) is 76.4 cm³/mol. The highest BCUT2D eigenvalue weighted by Gasteiger charge is 2.22. The summed E-state index contributed by atoms with van der Waals surface area (Å²) in [5.74, 6) is 2.67. The highest BCUT2D eigenvalue weighted by molar-refractivity contribution is 5.81. The third-order valence-electron chi connectivity index (χ3n) is 3.50. The molecule has 2 N–H and O–H groups in total. The van der Waals surface area contributed by atoms with Crippen molar-refractivity contribution in [1.82, 2.24) is 10.6 Å². The minimum Gasteiger partial charge on any atom is -0.493 e. The molecule has 102 valence electrons. The van der Waals surface area contributed by atoms with E-state index in [1.54, 1.807) is 0 Å². The SMILES string of the molecule is CC1CN=C(NCc2ccccc2OCC2CC2)N1. The normalized spacial score (nSPS) is 21.7. The van der Waals surface area contributed by atoms with Crippen LogP contribution in [0.3, 0.4) is 0 Å². The molecule has 1 unspecified atom stereocenters. The molecule has 1 aliphatic heterocycles. The minimum atomic E-state index is 0.434. The molecule has 2 aliphatic rings. The summed E-state index contributed by atoms with van der Waals surface area (Å²) in [5, 5.41) is 6.63. The number of benzene rings is 1. The van der Waals surface area contributed by atoms with Gasteiger partial charge in [-0.05, 0) is 31.7 Å². The molecule has 0 amide bonds. The Hall–Kier alpha value is -1.71. The Labute approximate surface area is 114 Å². The van der Waals surface area contributed by atoms with Crippen LogP contribution < -0.4 is 15.4 Å². The smallest absolute Gasteiger partial charge is 0.191 e. The Morgan fingerprint density at radius 1 is 1.37 bits per heavy atom. The molecule has 4 nitrogen and oxygen atoms in total. The zero-order chi connectivity index (χ0) is 13.1. The lowest BCUT2D eigenvalue weighted by Gasteiger charge is -2.13. The van der Waals surface area contributed by atoms with Crippen LogP contribution in [-0.4, -0.2) is 25.2 Å². The van der Waals surface area contributed by atoms with Crippen LogP contribution in [0.25, 0.3) is 0 Å². The Bertz CT molecular complexity index is 468. The number of guanidine groups is 1. The second-order valence-electron chi connectivity index (χ2n) is 5.45. The molecular formula is C15H21N3O. The maximum absolute atomic E-state index is 5.90. The Morgan fingerprint density at radius 2 is 2.21 bits per heavy atom. The molecule has 1 aromatic carbocycles. The third-order valence-corrected chi connectivity index (χ3v) is 3.50. The maximum Gasteiger partial charge on any atom is 0.191 e. The summed E-state index contributed by atoms with van der Waals surface area (Å²) >= 11 is 0. The van der Waals surface area contributed by atoms with Gasteiger partial charge in [-0.1, -0.05) is 18.2 Å². The average molecular weight is 259 g/mol. The summed E-state index contributed by atoms with van der Waals surface area (Å²) in [7, 11) is 0. The van der Waals surface area contributed by atoms with Crippen molar-refractivity contribution in [3.05, 3.63) is 29.8 Å². The van der Waals surface area contributed by atoms with Crippen molar-refractivity contribution in [2.75, 3.05) is 13.2 Å². The van der Waals surface area contributed by atoms with E-state index in [1.165, 1.54) is 18.4 Å². The fourth-order valence-corrected chi connectivity index (χ4v) is 2.12. The number of ether oxygens (including phenoxy) is 1. The summed E-state index contributed by atoms with van der Waals surface area (Å²) in [4.78, 5) is 4.40. The standard InChI is InChI=1S/C15H21N3O/c1-11-8-16-15(18-11)17-9-13-4-2-3-5-14(13)19-10-12-6-7-12/h2-5,11-12H,6-10H2,1H3,(H2,16,17,18). The molecule has 1 heterocycles. The Morgan fingerprint density at radius 3 is 2.95 bits per heavy atom. The number of nitrogens with one attached hydrogen (secondary N) is 2. The second-order valence-corrected chi connectivity index (χ2v) is 5.45. The topological polar surface area (TPSA) is 45.7 Å². The number of rotatable bonds is 5. The first-order valence-corrected chi connectivity index (χ1v) is 7.07. The fourth-order valence-electron chi connectivity index (χ4n) is 2.12. The summed E-state index contributed by atoms with van der Waals surface area (Å²) in [6.07, 6.45) is 2.64. The first kappa shape index (κ1) is 12.3. The van der Waals surface area contributed by atoms with Gasteiger partial charge in [0.15, 0.2) is 5.96 Å². The summed E-state index contributed by atoms with van der Waals surface area (Å²) in [6, 6.07) is 8.66. The summed E-state index contributed by atoms with van der Waals surface area (Å²) in [5.41, 5.74) is 1.19. The van der Waals surface area contributed by atoms with Crippen molar-refractivity contribution in [1.29, 1.82) is 0 Å². The quantitative estimate of drug-likeness (QED) is 0.849. The zero-order valence-corrected chi connectivity index (χ0v) is 11.4. The van der Waals surface area contributed by atoms with E-state index in [2.05, 4.69) is 28.6 Å². The van der Waals surface area contributed by atoms with Gasteiger partial charge < -0.3 is 15.4 Å². The Kier molecular flexibility index (Phi) is 3.58. The van der Waals surface area contributed by atoms with Gasteiger partial charge in [0.2, 0.25) is 0 Å². The number of hydrogen-bond donors (Lipinski definition) is 2. The van der Waals surface area contributed by atoms with Gasteiger partial charge >= 0.3 is 0 Å². The molecule has 1 saturated carbocycles. The molecule has 1 aliphatic carbocycles. The zero-order valence-electron chi connectivity index (χ0n) is 11.4. The molecule has 0 radical (unpaired) electrons. The van der Waals surface area contributed by atoms with E-state index in [-0.39, 0.29) is 0 Å². The number of hydrogen-bond acceptors (Lipinski definition) is 4. The monoisotopic (exact) mass is 259 g/mol. The average Bonchev–Trinajstić information content (AvgIpc) is 3.17. The summed E-state index contributed by atoms with van der Waals surface area (Å²) < 4.78 is 5.90. The predicted octanol–water partition coefficient (Wildman–Crippen LogP) is 1.91. The molecule has 1 atom stereocenters. The van der Waals surface area contributed by atoms with Crippen molar-refractivity contribution < 1.29 is 4.74 Å². The van der Waals surface area contributed by atoms with Gasteiger partial charge in [0.05, 0.1) is 13.2 Å². The van der Waals surface area contributed by atoms with Crippen LogP contribution in [0.2, 0.25) is 0 Å². The van der Waals surface area contributed by atoms with Crippen molar-refractivity contribution in [2.45, 2.75) is 32.4 Å². The molecule has 0 aromatic heterocycles. The lowest BCUT2D eigenvalue weighted by molar-refractivity contribution is 0.296. The third kappa shape index (κ3) is 3.40. The molecule has 0 saturated heterocycles. The van der Waals surface area contributed by atoms with E-state index in [9.17, 15) is 0 Å². The van der Waals surface area contributed by atoms with E-state index >= 15 is 0 Å². The number of aliphatic imine (C=N–C) groups is 1. The molecule has 1 aromatic rings. The van der Waals surface area contributed by atoms with Gasteiger partial charge in [-0.15, -0.1) is 0 Å². The van der Waals surface area contributed by atoms with Crippen molar-refractivity contribution >= 4 is 5.96 Å². The maximum atomic E-state index is 5.90. The van der Waals surface area contributed by atoms with Gasteiger partial charge in [0.1, 0.15) is 5.75 Å². The van der Waals surface area contributed by atoms with Gasteiger partial charge in [-0.3, -0.25) is 4.99 Å². The molecule has 1 fully saturated rings. The van der Waals surface area contributed by atoms with Gasteiger partial charge in [-0.25, -0.2) is 0 Å². The van der Waals surface area contributed by atoms with Crippen LogP contribution in [0.1, 0.15) is 25.3 Å². The van der Waals surface area contributed by atoms with E-state index in [0.717, 1.165) is 37.3 Å². The fraction of sp³-hybridized carbons (Fsp3) is 0.533. The van der Waals surface area contributed by atoms with Crippen LogP contribution in [0.5, 0.6) is 5.75 Å². The van der Waals surface area contributed by atoms with Crippen molar-refractivity contribution in [3.63, 3.8) is 0 Å². The molecule has 3 rings (SSSR count). The first-order chi connectivity index (χ1) is 9.31. The number of para-hydroxylation sites is 1. The van der Waals surface area contributed by atoms with E-state index in [1.807, 2.05) is 18.2 Å².